The lowest BCUT2D eigenvalue weighted by atomic mass is 9.97. The maximum absolute atomic E-state index is 13.2. The van der Waals surface area contributed by atoms with Crippen LogP contribution in [0, 0.1) is 5.92 Å². The molecule has 2 heterocycles. The Morgan fingerprint density at radius 1 is 0.946 bits per heavy atom. The summed E-state index contributed by atoms with van der Waals surface area (Å²) >= 11 is 5.88. The average Bonchev–Trinajstić information content (AvgIpc) is 2.90. The maximum atomic E-state index is 13.2. The number of nitrogens with zero attached hydrogens (tertiary/aromatic N) is 2. The Labute approximate surface area is 223 Å². The normalized spacial score (nSPS) is 18.4. The monoisotopic (exact) mass is 569 g/mol. The highest BCUT2D eigenvalue weighted by Crippen LogP contribution is 2.32. The predicted octanol–water partition coefficient (Wildman–Crippen LogP) is 3.70. The molecule has 2 aromatic carbocycles. The van der Waals surface area contributed by atoms with E-state index in [-0.39, 0.29) is 41.3 Å². The Hall–Kier alpha value is -2.18. The summed E-state index contributed by atoms with van der Waals surface area (Å²) in [5, 5.41) is 3.36. The average molecular weight is 570 g/mol. The summed E-state index contributed by atoms with van der Waals surface area (Å²) in [7, 11) is -5.87. The first-order valence-electron chi connectivity index (χ1n) is 12.3. The van der Waals surface area contributed by atoms with Crippen LogP contribution in [0.5, 0.6) is 5.75 Å². The Morgan fingerprint density at radius 2 is 1.59 bits per heavy atom. The molecular weight excluding hydrogens is 538 g/mol. The molecule has 2 aliphatic heterocycles. The van der Waals surface area contributed by atoms with Gasteiger partial charge >= 0.3 is 0 Å². The minimum atomic E-state index is -3.76. The molecular formula is C25H32ClN3O6S2. The van der Waals surface area contributed by atoms with Crippen LogP contribution in [0.25, 0.3) is 0 Å². The standard InChI is InChI=1S/C25H32ClN3O6S2/c1-35-23-10-9-22(17-24(23)37(33,34)29-13-3-2-4-14-29)27-25(30)20-11-15-28(16-12-20)36(31,32)18-19-5-7-21(26)8-6-19/h5-10,17,20H,2-4,11-16,18H2,1H3,(H,27,30). The summed E-state index contributed by atoms with van der Waals surface area (Å²) in [5.74, 6) is -0.545. The lowest BCUT2D eigenvalue weighted by molar-refractivity contribution is -0.120. The minimum absolute atomic E-state index is 0.0258. The van der Waals surface area contributed by atoms with Gasteiger partial charge in [0, 0.05) is 42.8 Å². The molecule has 1 amide bonds. The summed E-state index contributed by atoms with van der Waals surface area (Å²) in [6, 6.07) is 11.3. The van der Waals surface area contributed by atoms with Crippen LogP contribution < -0.4 is 10.1 Å². The number of piperidine rings is 2. The maximum Gasteiger partial charge on any atom is 0.246 e. The van der Waals surface area contributed by atoms with Crippen molar-refractivity contribution < 1.29 is 26.4 Å². The summed E-state index contributed by atoms with van der Waals surface area (Å²) < 4.78 is 60.4. The van der Waals surface area contributed by atoms with Crippen LogP contribution in [-0.4, -0.2) is 64.6 Å². The lowest BCUT2D eigenvalue weighted by Gasteiger charge is -2.30. The van der Waals surface area contributed by atoms with Crippen molar-refractivity contribution in [2.24, 2.45) is 5.92 Å². The first kappa shape index (κ1) is 27.8. The smallest absolute Gasteiger partial charge is 0.246 e. The number of rotatable bonds is 8. The number of hydrogen-bond donors (Lipinski definition) is 1. The first-order chi connectivity index (χ1) is 17.6. The van der Waals surface area contributed by atoms with E-state index in [2.05, 4.69) is 5.32 Å². The van der Waals surface area contributed by atoms with Gasteiger partial charge in [0.25, 0.3) is 0 Å². The number of carbonyl (C=O) groups excluding carboxylic acids is 1. The van der Waals surface area contributed by atoms with Gasteiger partial charge in [0.05, 0.1) is 12.9 Å². The first-order valence-corrected chi connectivity index (χ1v) is 15.7. The molecule has 2 aliphatic rings. The number of halogens is 1. The van der Waals surface area contributed by atoms with Gasteiger partial charge < -0.3 is 10.1 Å². The molecule has 0 radical (unpaired) electrons. The fourth-order valence-electron chi connectivity index (χ4n) is 4.72. The zero-order valence-corrected chi connectivity index (χ0v) is 23.1. The van der Waals surface area contributed by atoms with Gasteiger partial charge in [-0.1, -0.05) is 30.2 Å². The molecule has 0 aliphatic carbocycles. The summed E-state index contributed by atoms with van der Waals surface area (Å²) in [4.78, 5) is 13.0. The molecule has 2 fully saturated rings. The molecule has 1 N–H and O–H groups in total. The number of benzene rings is 2. The van der Waals surface area contributed by atoms with E-state index in [1.807, 2.05) is 0 Å². The molecule has 4 rings (SSSR count). The van der Waals surface area contributed by atoms with Crippen LogP contribution in [0.3, 0.4) is 0 Å². The zero-order valence-electron chi connectivity index (χ0n) is 20.7. The molecule has 12 heteroatoms. The summed E-state index contributed by atoms with van der Waals surface area (Å²) in [6.45, 7) is 1.40. The molecule has 0 aromatic heterocycles. The molecule has 0 spiro atoms. The van der Waals surface area contributed by atoms with E-state index in [0.29, 0.717) is 42.2 Å². The number of anilines is 1. The van der Waals surface area contributed by atoms with Crippen LogP contribution in [0.1, 0.15) is 37.7 Å². The van der Waals surface area contributed by atoms with Crippen LogP contribution in [0.2, 0.25) is 5.02 Å². The quantitative estimate of drug-likeness (QED) is 0.518. The van der Waals surface area contributed by atoms with Crippen molar-refractivity contribution in [1.29, 1.82) is 0 Å². The summed E-state index contributed by atoms with van der Waals surface area (Å²) in [6.07, 6.45) is 3.38. The van der Waals surface area contributed by atoms with Crippen molar-refractivity contribution in [2.75, 3.05) is 38.6 Å². The fourth-order valence-corrected chi connectivity index (χ4v) is 8.11. The predicted molar refractivity (Wildman–Crippen MR) is 143 cm³/mol. The topological polar surface area (TPSA) is 113 Å². The van der Waals surface area contributed by atoms with Gasteiger partial charge in [0.15, 0.2) is 0 Å². The Morgan fingerprint density at radius 3 is 2.22 bits per heavy atom. The number of hydrogen-bond acceptors (Lipinski definition) is 6. The van der Waals surface area contributed by atoms with Crippen molar-refractivity contribution in [2.45, 2.75) is 42.8 Å². The zero-order chi connectivity index (χ0) is 26.6. The lowest BCUT2D eigenvalue weighted by Crippen LogP contribution is -2.41. The highest BCUT2D eigenvalue weighted by atomic mass is 35.5. The van der Waals surface area contributed by atoms with Gasteiger partial charge in [-0.3, -0.25) is 4.79 Å². The molecule has 0 atom stereocenters. The van der Waals surface area contributed by atoms with Gasteiger partial charge in [-0.25, -0.2) is 21.1 Å². The van der Waals surface area contributed by atoms with Gasteiger partial charge in [-0.2, -0.15) is 4.31 Å². The van der Waals surface area contributed by atoms with Crippen LogP contribution in [0.4, 0.5) is 5.69 Å². The third kappa shape index (κ3) is 6.64. The van der Waals surface area contributed by atoms with Crippen molar-refractivity contribution in [3.8, 4) is 5.75 Å². The second kappa shape index (κ2) is 11.7. The van der Waals surface area contributed by atoms with E-state index in [4.69, 9.17) is 16.3 Å². The van der Waals surface area contributed by atoms with Crippen molar-refractivity contribution in [3.05, 3.63) is 53.1 Å². The summed E-state index contributed by atoms with van der Waals surface area (Å²) in [5.41, 5.74) is 1.01. The van der Waals surface area contributed by atoms with Gasteiger partial charge in [-0.05, 0) is 61.6 Å². The van der Waals surface area contributed by atoms with Crippen LogP contribution in [-0.2, 0) is 30.6 Å². The molecule has 0 saturated carbocycles. The Balaban J connectivity index is 1.39. The van der Waals surface area contributed by atoms with Crippen LogP contribution >= 0.6 is 11.6 Å². The van der Waals surface area contributed by atoms with E-state index < -0.39 is 20.0 Å². The third-order valence-corrected chi connectivity index (χ3v) is 10.9. The van der Waals surface area contributed by atoms with Crippen molar-refractivity contribution in [3.63, 3.8) is 0 Å². The van der Waals surface area contributed by atoms with E-state index >= 15 is 0 Å². The SMILES string of the molecule is COc1ccc(NC(=O)C2CCN(S(=O)(=O)Cc3ccc(Cl)cc3)CC2)cc1S(=O)(=O)N1CCCCC1. The van der Waals surface area contributed by atoms with Crippen molar-refractivity contribution in [1.82, 2.24) is 8.61 Å². The molecule has 0 bridgehead atoms. The molecule has 9 nitrogen and oxygen atoms in total. The molecule has 0 unspecified atom stereocenters. The Bertz CT molecular complexity index is 1320. The molecule has 37 heavy (non-hydrogen) atoms. The molecule has 2 aromatic rings. The van der Waals surface area contributed by atoms with E-state index in [9.17, 15) is 21.6 Å². The minimum Gasteiger partial charge on any atom is -0.495 e. The third-order valence-electron chi connectivity index (χ3n) is 6.84. The number of amides is 1. The largest absolute Gasteiger partial charge is 0.495 e. The molecule has 202 valence electrons. The van der Waals surface area contributed by atoms with Crippen LogP contribution in [0.15, 0.2) is 47.4 Å². The van der Waals surface area contributed by atoms with E-state index in [0.717, 1.165) is 19.3 Å². The Kier molecular flexibility index (Phi) is 8.80. The number of nitrogens with one attached hydrogen (secondary N) is 1. The van der Waals surface area contributed by atoms with Gasteiger partial charge in [0.1, 0.15) is 10.6 Å². The van der Waals surface area contributed by atoms with Gasteiger partial charge in [-0.15, -0.1) is 0 Å². The van der Waals surface area contributed by atoms with Gasteiger partial charge in [0.2, 0.25) is 26.0 Å². The highest BCUT2D eigenvalue weighted by molar-refractivity contribution is 7.89. The van der Waals surface area contributed by atoms with E-state index in [1.54, 1.807) is 36.4 Å². The number of ether oxygens (including phenoxy) is 1. The fraction of sp³-hybridized carbons (Fsp3) is 0.480. The second-order valence-electron chi connectivity index (χ2n) is 9.38. The van der Waals surface area contributed by atoms with Crippen molar-refractivity contribution >= 4 is 43.2 Å². The highest BCUT2D eigenvalue weighted by Gasteiger charge is 2.32. The van der Waals surface area contributed by atoms with E-state index in [1.165, 1.54) is 21.8 Å². The number of methoxy groups -OCH3 is 1. The molecule has 2 saturated heterocycles. The number of sulfonamides is 2. The number of carbonyl (C=O) groups is 1. The second-order valence-corrected chi connectivity index (χ2v) is 13.7.